The summed E-state index contributed by atoms with van der Waals surface area (Å²) >= 11 is 0. The van der Waals surface area contributed by atoms with Crippen LogP contribution in [0.5, 0.6) is 0 Å². The minimum absolute atomic E-state index is 0.219. The van der Waals surface area contributed by atoms with Crippen molar-refractivity contribution in [1.29, 1.82) is 0 Å². The monoisotopic (exact) mass is 252 g/mol. The lowest BCUT2D eigenvalue weighted by molar-refractivity contribution is -0.143. The third-order valence-corrected chi connectivity index (χ3v) is 2.64. The van der Waals surface area contributed by atoms with Crippen LogP contribution in [0.3, 0.4) is 0 Å². The molecule has 4 heteroatoms. The first-order valence-corrected chi connectivity index (χ1v) is 6.09. The van der Waals surface area contributed by atoms with Crippen molar-refractivity contribution in [3.05, 3.63) is 35.4 Å². The second-order valence-corrected chi connectivity index (χ2v) is 3.99. The minimum atomic E-state index is -0.666. The summed E-state index contributed by atoms with van der Waals surface area (Å²) in [6.45, 7) is 2.59. The van der Waals surface area contributed by atoms with Gasteiger partial charge in [0.1, 0.15) is 0 Å². The van der Waals surface area contributed by atoms with Gasteiger partial charge in [-0.25, -0.2) is 0 Å². The van der Waals surface area contributed by atoms with E-state index in [9.17, 15) is 9.90 Å². The predicted octanol–water partition coefficient (Wildman–Crippen LogP) is 2.21. The fourth-order valence-corrected chi connectivity index (χ4v) is 1.79. The average Bonchev–Trinajstić information content (AvgIpc) is 2.37. The molecule has 0 saturated heterocycles. The standard InChI is InChI=1S/C14H20O4/c1-3-18-14(16)9-8-13(15)12-7-5-4-6-11(12)10-17-2/h4-7,13,15H,3,8-10H2,1-2H3. The topological polar surface area (TPSA) is 55.8 Å². The van der Waals surface area contributed by atoms with Gasteiger partial charge in [0.25, 0.3) is 0 Å². The first-order chi connectivity index (χ1) is 8.69. The molecule has 100 valence electrons. The number of hydrogen-bond acceptors (Lipinski definition) is 4. The van der Waals surface area contributed by atoms with Crippen LogP contribution in [-0.4, -0.2) is 24.8 Å². The van der Waals surface area contributed by atoms with Gasteiger partial charge in [-0.1, -0.05) is 24.3 Å². The van der Waals surface area contributed by atoms with Crippen LogP contribution in [-0.2, 0) is 20.9 Å². The number of aliphatic hydroxyl groups is 1. The van der Waals surface area contributed by atoms with E-state index < -0.39 is 6.10 Å². The van der Waals surface area contributed by atoms with Gasteiger partial charge in [0, 0.05) is 13.5 Å². The van der Waals surface area contributed by atoms with E-state index in [0.29, 0.717) is 19.6 Å². The van der Waals surface area contributed by atoms with E-state index in [4.69, 9.17) is 9.47 Å². The lowest BCUT2D eigenvalue weighted by Gasteiger charge is -2.14. The van der Waals surface area contributed by atoms with Crippen LogP contribution in [0, 0.1) is 0 Å². The van der Waals surface area contributed by atoms with Crippen LogP contribution in [0.1, 0.15) is 37.0 Å². The number of esters is 1. The Morgan fingerprint density at radius 2 is 2.11 bits per heavy atom. The van der Waals surface area contributed by atoms with Crippen molar-refractivity contribution in [3.8, 4) is 0 Å². The second kappa shape index (κ2) is 7.84. The van der Waals surface area contributed by atoms with E-state index in [0.717, 1.165) is 11.1 Å². The molecule has 0 aliphatic carbocycles. The molecule has 18 heavy (non-hydrogen) atoms. The molecule has 0 bridgehead atoms. The summed E-state index contributed by atoms with van der Waals surface area (Å²) in [5.74, 6) is -0.277. The third-order valence-electron chi connectivity index (χ3n) is 2.64. The molecular weight excluding hydrogens is 232 g/mol. The maximum Gasteiger partial charge on any atom is 0.305 e. The molecule has 1 atom stereocenters. The molecule has 1 aromatic rings. The Labute approximate surface area is 108 Å². The zero-order valence-corrected chi connectivity index (χ0v) is 10.9. The molecule has 4 nitrogen and oxygen atoms in total. The summed E-state index contributed by atoms with van der Waals surface area (Å²) in [5, 5.41) is 10.1. The van der Waals surface area contributed by atoms with E-state index in [1.54, 1.807) is 14.0 Å². The molecule has 1 N–H and O–H groups in total. The Hall–Kier alpha value is -1.39. The van der Waals surface area contributed by atoms with Gasteiger partial charge in [0.15, 0.2) is 0 Å². The van der Waals surface area contributed by atoms with E-state index in [-0.39, 0.29) is 12.4 Å². The van der Waals surface area contributed by atoms with E-state index >= 15 is 0 Å². The Bertz CT molecular complexity index is 376. The van der Waals surface area contributed by atoms with E-state index in [1.165, 1.54) is 0 Å². The number of benzene rings is 1. The van der Waals surface area contributed by atoms with Crippen LogP contribution in [0.15, 0.2) is 24.3 Å². The zero-order chi connectivity index (χ0) is 13.4. The van der Waals surface area contributed by atoms with Crippen molar-refractivity contribution in [2.75, 3.05) is 13.7 Å². The van der Waals surface area contributed by atoms with Gasteiger partial charge in [-0.3, -0.25) is 4.79 Å². The van der Waals surface area contributed by atoms with Gasteiger partial charge in [-0.05, 0) is 24.5 Å². The molecule has 1 rings (SSSR count). The molecular formula is C14H20O4. The summed E-state index contributed by atoms with van der Waals surface area (Å²) in [7, 11) is 1.61. The molecule has 0 aliphatic heterocycles. The Morgan fingerprint density at radius 3 is 2.78 bits per heavy atom. The van der Waals surface area contributed by atoms with E-state index in [2.05, 4.69) is 0 Å². The van der Waals surface area contributed by atoms with Crippen LogP contribution in [0.25, 0.3) is 0 Å². The number of aliphatic hydroxyl groups excluding tert-OH is 1. The maximum atomic E-state index is 11.2. The maximum absolute atomic E-state index is 11.2. The average molecular weight is 252 g/mol. The Balaban J connectivity index is 2.60. The van der Waals surface area contributed by atoms with Gasteiger partial charge >= 0.3 is 5.97 Å². The number of carbonyl (C=O) groups excluding carboxylic acids is 1. The van der Waals surface area contributed by atoms with Gasteiger partial charge in [-0.15, -0.1) is 0 Å². The number of carbonyl (C=O) groups is 1. The molecule has 0 heterocycles. The quantitative estimate of drug-likeness (QED) is 0.756. The lowest BCUT2D eigenvalue weighted by Crippen LogP contribution is -2.08. The Morgan fingerprint density at radius 1 is 1.39 bits per heavy atom. The highest BCUT2D eigenvalue weighted by molar-refractivity contribution is 5.69. The smallest absolute Gasteiger partial charge is 0.305 e. The fraction of sp³-hybridized carbons (Fsp3) is 0.500. The Kier molecular flexibility index (Phi) is 6.39. The molecule has 0 aliphatic rings. The summed E-state index contributed by atoms with van der Waals surface area (Å²) in [4.78, 5) is 11.2. The third kappa shape index (κ3) is 4.47. The first-order valence-electron chi connectivity index (χ1n) is 6.09. The SMILES string of the molecule is CCOC(=O)CCC(O)c1ccccc1COC. The number of ether oxygens (including phenoxy) is 2. The highest BCUT2D eigenvalue weighted by Crippen LogP contribution is 2.22. The molecule has 0 saturated carbocycles. The van der Waals surface area contributed by atoms with Crippen molar-refractivity contribution < 1.29 is 19.4 Å². The molecule has 0 spiro atoms. The summed E-state index contributed by atoms with van der Waals surface area (Å²) < 4.78 is 9.91. The molecule has 0 amide bonds. The molecule has 1 unspecified atom stereocenters. The van der Waals surface area contributed by atoms with Crippen LogP contribution >= 0.6 is 0 Å². The number of methoxy groups -OCH3 is 1. The minimum Gasteiger partial charge on any atom is -0.466 e. The number of rotatable bonds is 7. The van der Waals surface area contributed by atoms with Crippen LogP contribution in [0.4, 0.5) is 0 Å². The predicted molar refractivity (Wildman–Crippen MR) is 68.0 cm³/mol. The molecule has 0 fully saturated rings. The fourth-order valence-electron chi connectivity index (χ4n) is 1.79. The van der Waals surface area contributed by atoms with Crippen molar-refractivity contribution in [1.82, 2.24) is 0 Å². The van der Waals surface area contributed by atoms with E-state index in [1.807, 2.05) is 24.3 Å². The summed E-state index contributed by atoms with van der Waals surface area (Å²) in [5.41, 5.74) is 1.75. The van der Waals surface area contributed by atoms with Gasteiger partial charge in [0.05, 0.1) is 19.3 Å². The molecule has 0 aromatic heterocycles. The normalized spacial score (nSPS) is 12.2. The van der Waals surface area contributed by atoms with Crippen molar-refractivity contribution in [3.63, 3.8) is 0 Å². The van der Waals surface area contributed by atoms with Gasteiger partial charge in [-0.2, -0.15) is 0 Å². The van der Waals surface area contributed by atoms with Crippen LogP contribution < -0.4 is 0 Å². The van der Waals surface area contributed by atoms with Crippen molar-refractivity contribution in [2.45, 2.75) is 32.5 Å². The summed E-state index contributed by atoms with van der Waals surface area (Å²) in [6, 6.07) is 7.52. The highest BCUT2D eigenvalue weighted by Gasteiger charge is 2.14. The largest absolute Gasteiger partial charge is 0.466 e. The second-order valence-electron chi connectivity index (χ2n) is 3.99. The van der Waals surface area contributed by atoms with Crippen molar-refractivity contribution in [2.24, 2.45) is 0 Å². The number of hydrogen-bond donors (Lipinski definition) is 1. The molecule has 1 aromatic carbocycles. The lowest BCUT2D eigenvalue weighted by atomic mass is 9.99. The van der Waals surface area contributed by atoms with Crippen LogP contribution in [0.2, 0.25) is 0 Å². The highest BCUT2D eigenvalue weighted by atomic mass is 16.5. The van der Waals surface area contributed by atoms with Crippen molar-refractivity contribution >= 4 is 5.97 Å². The van der Waals surface area contributed by atoms with Gasteiger partial charge in [0.2, 0.25) is 0 Å². The first kappa shape index (κ1) is 14.7. The zero-order valence-electron chi connectivity index (χ0n) is 10.9. The molecule has 0 radical (unpaired) electrons. The summed E-state index contributed by atoms with van der Waals surface area (Å²) in [6.07, 6.45) is -0.0867. The van der Waals surface area contributed by atoms with Gasteiger partial charge < -0.3 is 14.6 Å².